The van der Waals surface area contributed by atoms with E-state index in [9.17, 15) is 13.2 Å². The van der Waals surface area contributed by atoms with E-state index in [1.807, 2.05) is 0 Å². The SMILES string of the molecule is COCCOC(=O)/C(=N\OS(C)(=O)=O)c1ccc(OC)c(OC)c1. The van der Waals surface area contributed by atoms with Crippen molar-refractivity contribution in [1.82, 2.24) is 0 Å². The number of rotatable bonds is 9. The Morgan fingerprint density at radius 3 is 2.29 bits per heavy atom. The number of benzene rings is 1. The predicted molar refractivity (Wildman–Crippen MR) is 84.8 cm³/mol. The maximum absolute atomic E-state index is 12.1. The number of carbonyl (C=O) groups excluding carboxylic acids is 1. The van der Waals surface area contributed by atoms with Crippen LogP contribution in [0.4, 0.5) is 0 Å². The third kappa shape index (κ3) is 6.05. The molecular weight excluding hydrogens is 342 g/mol. The van der Waals surface area contributed by atoms with Crippen LogP contribution in [-0.4, -0.2) is 60.9 Å². The lowest BCUT2D eigenvalue weighted by Gasteiger charge is -2.11. The zero-order valence-corrected chi connectivity index (χ0v) is 14.6. The smallest absolute Gasteiger partial charge is 0.361 e. The van der Waals surface area contributed by atoms with Crippen molar-refractivity contribution in [2.75, 3.05) is 40.8 Å². The molecule has 0 fully saturated rings. The first-order valence-electron chi connectivity index (χ1n) is 6.67. The zero-order valence-electron chi connectivity index (χ0n) is 13.8. The van der Waals surface area contributed by atoms with Gasteiger partial charge in [0.15, 0.2) is 17.2 Å². The molecule has 0 heterocycles. The van der Waals surface area contributed by atoms with Gasteiger partial charge in [-0.25, -0.2) is 4.79 Å². The van der Waals surface area contributed by atoms with Gasteiger partial charge in [0.1, 0.15) is 6.61 Å². The minimum atomic E-state index is -3.89. The Morgan fingerprint density at radius 1 is 1.08 bits per heavy atom. The average Bonchev–Trinajstić information content (AvgIpc) is 2.54. The van der Waals surface area contributed by atoms with Gasteiger partial charge >= 0.3 is 16.1 Å². The molecule has 10 heteroatoms. The van der Waals surface area contributed by atoms with Crippen molar-refractivity contribution in [3.05, 3.63) is 23.8 Å². The molecule has 1 aromatic carbocycles. The molecule has 0 saturated carbocycles. The van der Waals surface area contributed by atoms with Crippen molar-refractivity contribution in [1.29, 1.82) is 0 Å². The van der Waals surface area contributed by atoms with Gasteiger partial charge in [0.05, 0.1) is 27.1 Å². The number of carbonyl (C=O) groups is 1. The Morgan fingerprint density at radius 2 is 1.75 bits per heavy atom. The first-order chi connectivity index (χ1) is 11.3. The fourth-order valence-corrected chi connectivity index (χ4v) is 1.79. The largest absolute Gasteiger partial charge is 0.493 e. The summed E-state index contributed by atoms with van der Waals surface area (Å²) in [6.45, 7) is 0.151. The van der Waals surface area contributed by atoms with Crippen LogP contribution in [-0.2, 0) is 28.7 Å². The van der Waals surface area contributed by atoms with E-state index in [2.05, 4.69) is 9.44 Å². The Bertz CT molecular complexity index is 699. The van der Waals surface area contributed by atoms with Crippen LogP contribution in [0.2, 0.25) is 0 Å². The molecule has 1 aromatic rings. The number of hydrogen-bond donors (Lipinski definition) is 0. The quantitative estimate of drug-likeness (QED) is 0.272. The van der Waals surface area contributed by atoms with Crippen LogP contribution in [0.25, 0.3) is 0 Å². The summed E-state index contributed by atoms with van der Waals surface area (Å²) in [6.07, 6.45) is 0.805. The van der Waals surface area contributed by atoms with Crippen LogP contribution in [0.5, 0.6) is 11.5 Å². The predicted octanol–water partition coefficient (Wildman–Crippen LogP) is 0.574. The second-order valence-electron chi connectivity index (χ2n) is 4.42. The van der Waals surface area contributed by atoms with Crippen LogP contribution in [0, 0.1) is 0 Å². The molecule has 0 aliphatic rings. The van der Waals surface area contributed by atoms with Gasteiger partial charge in [0.25, 0.3) is 0 Å². The van der Waals surface area contributed by atoms with E-state index < -0.39 is 16.1 Å². The second kappa shape index (κ2) is 9.08. The summed E-state index contributed by atoms with van der Waals surface area (Å²) in [6, 6.07) is 4.47. The van der Waals surface area contributed by atoms with E-state index in [4.69, 9.17) is 18.9 Å². The molecular formula is C14H19NO8S. The van der Waals surface area contributed by atoms with Crippen molar-refractivity contribution >= 4 is 21.8 Å². The van der Waals surface area contributed by atoms with E-state index in [-0.39, 0.29) is 24.5 Å². The molecule has 0 atom stereocenters. The van der Waals surface area contributed by atoms with E-state index in [0.29, 0.717) is 11.5 Å². The maximum atomic E-state index is 12.1. The van der Waals surface area contributed by atoms with Gasteiger partial charge in [-0.3, -0.25) is 4.28 Å². The molecule has 0 aromatic heterocycles. The standard InChI is InChI=1S/C14H19NO8S/c1-19-7-8-22-14(16)13(15-23-24(4,17)18)10-5-6-11(20-2)12(9-10)21-3/h5-6,9H,7-8H2,1-4H3/b15-13-. The van der Waals surface area contributed by atoms with Crippen molar-refractivity contribution in [2.24, 2.45) is 5.16 Å². The highest BCUT2D eigenvalue weighted by atomic mass is 32.2. The van der Waals surface area contributed by atoms with Crippen LogP contribution in [0.3, 0.4) is 0 Å². The van der Waals surface area contributed by atoms with Gasteiger partial charge in [0, 0.05) is 12.7 Å². The molecule has 0 radical (unpaired) electrons. The monoisotopic (exact) mass is 361 g/mol. The van der Waals surface area contributed by atoms with E-state index in [1.54, 1.807) is 0 Å². The molecule has 0 amide bonds. The number of nitrogens with zero attached hydrogens (tertiary/aromatic N) is 1. The van der Waals surface area contributed by atoms with Crippen molar-refractivity contribution in [2.45, 2.75) is 0 Å². The van der Waals surface area contributed by atoms with Crippen molar-refractivity contribution in [3.63, 3.8) is 0 Å². The molecule has 0 aliphatic heterocycles. The molecule has 24 heavy (non-hydrogen) atoms. The highest BCUT2D eigenvalue weighted by molar-refractivity contribution is 7.85. The van der Waals surface area contributed by atoms with Crippen LogP contribution < -0.4 is 9.47 Å². The Kier molecular flexibility index (Phi) is 7.46. The van der Waals surface area contributed by atoms with E-state index >= 15 is 0 Å². The van der Waals surface area contributed by atoms with Gasteiger partial charge in [-0.1, -0.05) is 5.16 Å². The zero-order chi connectivity index (χ0) is 18.2. The first-order valence-corrected chi connectivity index (χ1v) is 8.49. The van der Waals surface area contributed by atoms with Crippen molar-refractivity contribution < 1.29 is 36.4 Å². The molecule has 9 nitrogen and oxygen atoms in total. The Hall–Kier alpha value is -2.33. The molecule has 0 unspecified atom stereocenters. The average molecular weight is 361 g/mol. The Balaban J connectivity index is 3.19. The van der Waals surface area contributed by atoms with Crippen LogP contribution in [0.15, 0.2) is 23.4 Å². The molecule has 0 bridgehead atoms. The first kappa shape index (κ1) is 19.7. The Labute approximate surface area is 140 Å². The lowest BCUT2D eigenvalue weighted by atomic mass is 10.1. The lowest BCUT2D eigenvalue weighted by Crippen LogP contribution is -2.22. The number of esters is 1. The number of ether oxygens (including phenoxy) is 4. The molecule has 0 spiro atoms. The van der Waals surface area contributed by atoms with Crippen LogP contribution >= 0.6 is 0 Å². The van der Waals surface area contributed by atoms with E-state index in [0.717, 1.165) is 6.26 Å². The van der Waals surface area contributed by atoms with Gasteiger partial charge in [-0.15, -0.1) is 0 Å². The lowest BCUT2D eigenvalue weighted by molar-refractivity contribution is -0.136. The summed E-state index contributed by atoms with van der Waals surface area (Å²) >= 11 is 0. The number of hydrogen-bond acceptors (Lipinski definition) is 9. The molecule has 0 saturated heterocycles. The normalized spacial score (nSPS) is 11.8. The number of oxime groups is 1. The topological polar surface area (TPSA) is 110 Å². The highest BCUT2D eigenvalue weighted by Crippen LogP contribution is 2.28. The minimum Gasteiger partial charge on any atom is -0.493 e. The molecule has 0 N–H and O–H groups in total. The summed E-state index contributed by atoms with van der Waals surface area (Å²) in [4.78, 5) is 12.1. The molecule has 0 aliphatic carbocycles. The van der Waals surface area contributed by atoms with E-state index in [1.165, 1.54) is 39.5 Å². The third-order valence-electron chi connectivity index (χ3n) is 2.63. The molecule has 1 rings (SSSR count). The highest BCUT2D eigenvalue weighted by Gasteiger charge is 2.20. The summed E-state index contributed by atoms with van der Waals surface area (Å²) in [7, 11) is 0.434. The fraction of sp³-hybridized carbons (Fsp3) is 0.429. The summed E-state index contributed by atoms with van der Waals surface area (Å²) < 4.78 is 46.6. The van der Waals surface area contributed by atoms with Gasteiger partial charge in [-0.05, 0) is 18.2 Å². The summed E-state index contributed by atoms with van der Waals surface area (Å²) in [5.74, 6) is -0.118. The fourth-order valence-electron chi connectivity index (χ4n) is 1.58. The van der Waals surface area contributed by atoms with Gasteiger partial charge in [-0.2, -0.15) is 8.42 Å². The molecule has 134 valence electrons. The minimum absolute atomic E-state index is 0.0273. The summed E-state index contributed by atoms with van der Waals surface area (Å²) in [5.41, 5.74) is -0.101. The second-order valence-corrected chi connectivity index (χ2v) is 5.97. The van der Waals surface area contributed by atoms with Crippen LogP contribution in [0.1, 0.15) is 5.56 Å². The van der Waals surface area contributed by atoms with Gasteiger partial charge < -0.3 is 18.9 Å². The third-order valence-corrected chi connectivity index (χ3v) is 2.98. The number of methoxy groups -OCH3 is 3. The van der Waals surface area contributed by atoms with Gasteiger partial charge in [0.2, 0.25) is 0 Å². The summed E-state index contributed by atoms with van der Waals surface area (Å²) in [5, 5.41) is 3.39. The van der Waals surface area contributed by atoms with Crippen molar-refractivity contribution in [3.8, 4) is 11.5 Å². The maximum Gasteiger partial charge on any atom is 0.361 e.